The van der Waals surface area contributed by atoms with Crippen LogP contribution in [0.4, 0.5) is 4.39 Å². The Balaban J connectivity index is 1.91. The molecular formula is C13H16BrFN2O. The third kappa shape index (κ3) is 3.53. The molecule has 1 aliphatic rings. The Morgan fingerprint density at radius 1 is 1.61 bits per heavy atom. The predicted molar refractivity (Wildman–Crippen MR) is 71.6 cm³/mol. The van der Waals surface area contributed by atoms with E-state index >= 15 is 0 Å². The van der Waals surface area contributed by atoms with E-state index < -0.39 is 0 Å². The van der Waals surface area contributed by atoms with E-state index in [1.807, 2.05) is 0 Å². The predicted octanol–water partition coefficient (Wildman–Crippen LogP) is 2.30. The van der Waals surface area contributed by atoms with Crippen LogP contribution in [0, 0.1) is 5.82 Å². The number of carbonyl (C=O) groups is 1. The molecule has 1 amide bonds. The van der Waals surface area contributed by atoms with E-state index in [4.69, 9.17) is 0 Å². The van der Waals surface area contributed by atoms with Crippen LogP contribution in [-0.4, -0.2) is 29.9 Å². The third-order valence-electron chi connectivity index (χ3n) is 3.07. The lowest BCUT2D eigenvalue weighted by Gasteiger charge is -2.16. The average Bonchev–Trinajstić information content (AvgIpc) is 2.70. The molecule has 2 rings (SSSR count). The summed E-state index contributed by atoms with van der Waals surface area (Å²) in [6, 6.07) is 5.32. The first-order chi connectivity index (χ1) is 8.54. The highest BCUT2D eigenvalue weighted by molar-refractivity contribution is 9.10. The number of halogens is 2. The van der Waals surface area contributed by atoms with Crippen molar-refractivity contribution >= 4 is 21.8 Å². The monoisotopic (exact) mass is 314 g/mol. The summed E-state index contributed by atoms with van der Waals surface area (Å²) in [6.45, 7) is 4.14. The van der Waals surface area contributed by atoms with Gasteiger partial charge in [-0.05, 0) is 40.0 Å². The Morgan fingerprint density at radius 3 is 3.06 bits per heavy atom. The van der Waals surface area contributed by atoms with Crippen LogP contribution in [0.25, 0.3) is 0 Å². The number of carbonyl (C=O) groups excluding carboxylic acids is 1. The standard InChI is InChI=1S/C13H16BrFN2O/c1-9(18)16-11-4-5-17(8-11)7-10-2-3-13(15)12(14)6-10/h2-3,6,11H,4-5,7-8H2,1H3,(H,16,18). The largest absolute Gasteiger partial charge is 0.352 e. The fraction of sp³-hybridized carbons (Fsp3) is 0.462. The van der Waals surface area contributed by atoms with Crippen molar-refractivity contribution in [3.8, 4) is 0 Å². The first-order valence-electron chi connectivity index (χ1n) is 5.98. The number of likely N-dealkylation sites (tertiary alicyclic amines) is 1. The van der Waals surface area contributed by atoms with Crippen LogP contribution >= 0.6 is 15.9 Å². The molecule has 1 aliphatic heterocycles. The van der Waals surface area contributed by atoms with Crippen LogP contribution in [0.15, 0.2) is 22.7 Å². The number of hydrogen-bond donors (Lipinski definition) is 1. The highest BCUT2D eigenvalue weighted by atomic mass is 79.9. The Labute approximate surface area is 114 Å². The summed E-state index contributed by atoms with van der Waals surface area (Å²) in [5.74, 6) is -0.220. The second-order valence-corrected chi connectivity index (χ2v) is 5.52. The highest BCUT2D eigenvalue weighted by Gasteiger charge is 2.22. The fourth-order valence-electron chi connectivity index (χ4n) is 2.28. The molecule has 0 spiro atoms. The number of nitrogens with one attached hydrogen (secondary N) is 1. The summed E-state index contributed by atoms with van der Waals surface area (Å²) < 4.78 is 13.6. The van der Waals surface area contributed by atoms with Crippen LogP contribution in [0.2, 0.25) is 0 Å². The zero-order valence-corrected chi connectivity index (χ0v) is 11.8. The van der Waals surface area contributed by atoms with E-state index in [9.17, 15) is 9.18 Å². The molecule has 0 bridgehead atoms. The molecule has 1 aromatic carbocycles. The molecule has 1 saturated heterocycles. The van der Waals surface area contributed by atoms with E-state index in [2.05, 4.69) is 26.1 Å². The van der Waals surface area contributed by atoms with Gasteiger partial charge in [-0.3, -0.25) is 9.69 Å². The summed E-state index contributed by atoms with van der Waals surface area (Å²) in [4.78, 5) is 13.2. The summed E-state index contributed by atoms with van der Waals surface area (Å²) >= 11 is 3.19. The first-order valence-corrected chi connectivity index (χ1v) is 6.77. The maximum absolute atomic E-state index is 13.1. The van der Waals surface area contributed by atoms with Gasteiger partial charge in [0.05, 0.1) is 4.47 Å². The molecule has 18 heavy (non-hydrogen) atoms. The normalized spacial score (nSPS) is 20.1. The van der Waals surface area contributed by atoms with E-state index in [0.29, 0.717) is 4.47 Å². The average molecular weight is 315 g/mol. The smallest absolute Gasteiger partial charge is 0.217 e. The molecule has 1 atom stereocenters. The van der Waals surface area contributed by atoms with E-state index in [-0.39, 0.29) is 17.8 Å². The van der Waals surface area contributed by atoms with Gasteiger partial charge in [-0.15, -0.1) is 0 Å². The van der Waals surface area contributed by atoms with Gasteiger partial charge in [0, 0.05) is 32.6 Å². The molecule has 1 aromatic rings. The second kappa shape index (κ2) is 5.80. The SMILES string of the molecule is CC(=O)NC1CCN(Cc2ccc(F)c(Br)c2)C1. The molecule has 5 heteroatoms. The molecule has 1 heterocycles. The first kappa shape index (κ1) is 13.5. The molecule has 0 aromatic heterocycles. The Morgan fingerprint density at radius 2 is 2.39 bits per heavy atom. The van der Waals surface area contributed by atoms with Gasteiger partial charge < -0.3 is 5.32 Å². The van der Waals surface area contributed by atoms with Gasteiger partial charge in [0.2, 0.25) is 5.91 Å². The lowest BCUT2D eigenvalue weighted by atomic mass is 10.2. The summed E-state index contributed by atoms with van der Waals surface area (Å²) in [7, 11) is 0. The minimum absolute atomic E-state index is 0.0198. The molecule has 1 unspecified atom stereocenters. The van der Waals surface area contributed by atoms with Crippen molar-refractivity contribution in [3.05, 3.63) is 34.1 Å². The number of amides is 1. The summed E-state index contributed by atoms with van der Waals surface area (Å²) in [5, 5.41) is 2.93. The molecule has 3 nitrogen and oxygen atoms in total. The zero-order chi connectivity index (χ0) is 13.1. The number of benzene rings is 1. The molecule has 0 radical (unpaired) electrons. The highest BCUT2D eigenvalue weighted by Crippen LogP contribution is 2.19. The van der Waals surface area contributed by atoms with Gasteiger partial charge in [0.25, 0.3) is 0 Å². The van der Waals surface area contributed by atoms with Gasteiger partial charge >= 0.3 is 0 Å². The Hall–Kier alpha value is -0.940. The fourth-order valence-corrected chi connectivity index (χ4v) is 2.70. The number of hydrogen-bond acceptors (Lipinski definition) is 2. The van der Waals surface area contributed by atoms with Crippen molar-refractivity contribution in [1.29, 1.82) is 0 Å². The maximum atomic E-state index is 13.1. The van der Waals surface area contributed by atoms with Crippen molar-refractivity contribution < 1.29 is 9.18 Å². The summed E-state index contributed by atoms with van der Waals surface area (Å²) in [6.07, 6.45) is 0.974. The van der Waals surface area contributed by atoms with Crippen LogP contribution in [-0.2, 0) is 11.3 Å². The van der Waals surface area contributed by atoms with Gasteiger partial charge in [-0.1, -0.05) is 6.07 Å². The molecule has 0 aliphatic carbocycles. The van der Waals surface area contributed by atoms with Crippen LogP contribution < -0.4 is 5.32 Å². The lowest BCUT2D eigenvalue weighted by molar-refractivity contribution is -0.119. The van der Waals surface area contributed by atoms with E-state index in [1.54, 1.807) is 19.1 Å². The van der Waals surface area contributed by atoms with Crippen molar-refractivity contribution in [1.82, 2.24) is 10.2 Å². The van der Waals surface area contributed by atoms with Crippen molar-refractivity contribution in [2.24, 2.45) is 0 Å². The third-order valence-corrected chi connectivity index (χ3v) is 3.68. The van der Waals surface area contributed by atoms with Gasteiger partial charge in [0.15, 0.2) is 0 Å². The zero-order valence-electron chi connectivity index (χ0n) is 10.2. The van der Waals surface area contributed by atoms with Crippen molar-refractivity contribution in [2.75, 3.05) is 13.1 Å². The van der Waals surface area contributed by atoms with Crippen LogP contribution in [0.1, 0.15) is 18.9 Å². The molecular weight excluding hydrogens is 299 g/mol. The maximum Gasteiger partial charge on any atom is 0.217 e. The van der Waals surface area contributed by atoms with Crippen LogP contribution in [0.3, 0.4) is 0 Å². The molecule has 1 N–H and O–H groups in total. The molecule has 98 valence electrons. The topological polar surface area (TPSA) is 32.3 Å². The van der Waals surface area contributed by atoms with Gasteiger partial charge in [-0.25, -0.2) is 4.39 Å². The minimum Gasteiger partial charge on any atom is -0.352 e. The summed E-state index contributed by atoms with van der Waals surface area (Å²) in [5.41, 5.74) is 1.08. The number of rotatable bonds is 3. The van der Waals surface area contributed by atoms with Crippen molar-refractivity contribution in [2.45, 2.75) is 25.9 Å². The lowest BCUT2D eigenvalue weighted by Crippen LogP contribution is -2.35. The second-order valence-electron chi connectivity index (χ2n) is 4.67. The Kier molecular flexibility index (Phi) is 4.35. The molecule has 0 saturated carbocycles. The van der Waals surface area contributed by atoms with Crippen molar-refractivity contribution in [3.63, 3.8) is 0 Å². The van der Waals surface area contributed by atoms with E-state index in [1.165, 1.54) is 6.07 Å². The van der Waals surface area contributed by atoms with Crippen LogP contribution in [0.5, 0.6) is 0 Å². The minimum atomic E-state index is -0.240. The van der Waals surface area contributed by atoms with Gasteiger partial charge in [-0.2, -0.15) is 0 Å². The Bertz CT molecular complexity index is 453. The van der Waals surface area contributed by atoms with Gasteiger partial charge in [0.1, 0.15) is 5.82 Å². The molecule has 1 fully saturated rings. The quantitative estimate of drug-likeness (QED) is 0.928. The number of nitrogens with zero attached hydrogens (tertiary/aromatic N) is 1. The van der Waals surface area contributed by atoms with E-state index in [0.717, 1.165) is 31.6 Å².